The summed E-state index contributed by atoms with van der Waals surface area (Å²) in [7, 11) is 0. The van der Waals surface area contributed by atoms with Gasteiger partial charge in [-0.15, -0.1) is 6.58 Å². The van der Waals surface area contributed by atoms with Gasteiger partial charge in [0, 0.05) is 0 Å². The lowest BCUT2D eigenvalue weighted by molar-refractivity contribution is -0.188. The number of esters is 1. The highest BCUT2D eigenvalue weighted by Crippen LogP contribution is 2.32. The maximum absolute atomic E-state index is 14.7. The fourth-order valence-corrected chi connectivity index (χ4v) is 2.80. The molecule has 2 atom stereocenters. The highest BCUT2D eigenvalue weighted by molar-refractivity contribution is 5.78. The van der Waals surface area contributed by atoms with Crippen LogP contribution in [0.5, 0.6) is 0 Å². The second-order valence-electron chi connectivity index (χ2n) is 6.44. The summed E-state index contributed by atoms with van der Waals surface area (Å²) in [6.07, 6.45) is -0.0610. The topological polar surface area (TPSA) is 44.8 Å². The molecule has 0 unspecified atom stereocenters. The maximum Gasteiger partial charge on any atom is 0.377 e. The van der Waals surface area contributed by atoms with Crippen LogP contribution in [0.15, 0.2) is 73.3 Å². The second-order valence-corrected chi connectivity index (χ2v) is 6.44. The van der Waals surface area contributed by atoms with Gasteiger partial charge in [0.05, 0.1) is 38.4 Å². The standard InChI is InChI=1S/C23H26F2O4/c1-3-20(23(24,25)22(26)28-4-2)21(29-16-19-13-9-6-10-14-19)17-27-15-18-11-7-5-8-12-18/h3,5-14,20-21H,1,4,15-17H2,2H3/t20-,21+/m0/s1. The molecule has 0 aliphatic heterocycles. The summed E-state index contributed by atoms with van der Waals surface area (Å²) < 4.78 is 45.4. The number of alkyl halides is 2. The number of ether oxygens (including phenoxy) is 3. The van der Waals surface area contributed by atoms with Crippen LogP contribution in [0.2, 0.25) is 0 Å². The average Bonchev–Trinajstić information content (AvgIpc) is 2.73. The summed E-state index contributed by atoms with van der Waals surface area (Å²) in [5.74, 6) is -6.97. The lowest BCUT2D eigenvalue weighted by atomic mass is 9.95. The zero-order valence-electron chi connectivity index (χ0n) is 16.4. The molecule has 0 aliphatic carbocycles. The van der Waals surface area contributed by atoms with Gasteiger partial charge >= 0.3 is 11.9 Å². The van der Waals surface area contributed by atoms with Gasteiger partial charge in [0.15, 0.2) is 0 Å². The van der Waals surface area contributed by atoms with Crippen molar-refractivity contribution in [1.82, 2.24) is 0 Å². The molecule has 6 heteroatoms. The van der Waals surface area contributed by atoms with Crippen molar-refractivity contribution in [1.29, 1.82) is 0 Å². The molecule has 4 nitrogen and oxygen atoms in total. The van der Waals surface area contributed by atoms with Gasteiger partial charge in [-0.1, -0.05) is 66.7 Å². The number of benzene rings is 2. The number of hydrogen-bond acceptors (Lipinski definition) is 4. The van der Waals surface area contributed by atoms with Gasteiger partial charge in [-0.25, -0.2) is 4.79 Å². The van der Waals surface area contributed by atoms with Crippen LogP contribution in [0.25, 0.3) is 0 Å². The smallest absolute Gasteiger partial charge is 0.377 e. The minimum atomic E-state index is -3.78. The van der Waals surface area contributed by atoms with Crippen molar-refractivity contribution in [2.24, 2.45) is 5.92 Å². The van der Waals surface area contributed by atoms with Crippen LogP contribution in [0.4, 0.5) is 8.78 Å². The maximum atomic E-state index is 14.7. The average molecular weight is 404 g/mol. The minimum Gasteiger partial charge on any atom is -0.462 e. The number of halogens is 2. The number of carbonyl (C=O) groups is 1. The van der Waals surface area contributed by atoms with Gasteiger partial charge < -0.3 is 14.2 Å². The molecule has 0 saturated heterocycles. The van der Waals surface area contributed by atoms with Crippen molar-refractivity contribution in [3.05, 3.63) is 84.4 Å². The van der Waals surface area contributed by atoms with Crippen molar-refractivity contribution in [2.45, 2.75) is 32.2 Å². The van der Waals surface area contributed by atoms with Crippen molar-refractivity contribution >= 4 is 5.97 Å². The summed E-state index contributed by atoms with van der Waals surface area (Å²) in [6, 6.07) is 18.5. The van der Waals surface area contributed by atoms with Crippen molar-refractivity contribution in [3.8, 4) is 0 Å². The largest absolute Gasteiger partial charge is 0.462 e. The Hall–Kier alpha value is -2.57. The van der Waals surface area contributed by atoms with E-state index in [1.807, 2.05) is 60.7 Å². The lowest BCUT2D eigenvalue weighted by Gasteiger charge is -2.30. The number of rotatable bonds is 12. The van der Waals surface area contributed by atoms with Crippen LogP contribution in [-0.4, -0.2) is 31.2 Å². The zero-order chi connectivity index (χ0) is 21.1. The molecule has 0 saturated carbocycles. The summed E-state index contributed by atoms with van der Waals surface area (Å²) in [5, 5.41) is 0. The molecular weight excluding hydrogens is 378 g/mol. The molecule has 0 spiro atoms. The van der Waals surface area contributed by atoms with Crippen LogP contribution in [0.1, 0.15) is 18.1 Å². The third kappa shape index (κ3) is 6.76. The van der Waals surface area contributed by atoms with Crippen LogP contribution in [-0.2, 0) is 32.2 Å². The Labute approximate surface area is 170 Å². The van der Waals surface area contributed by atoms with Crippen molar-refractivity contribution < 1.29 is 27.8 Å². The molecule has 2 aromatic carbocycles. The van der Waals surface area contributed by atoms with E-state index in [1.54, 1.807) is 0 Å². The molecule has 2 aromatic rings. The predicted molar refractivity (Wildman–Crippen MR) is 106 cm³/mol. The Balaban J connectivity index is 2.11. The quantitative estimate of drug-likeness (QED) is 0.377. The third-order valence-electron chi connectivity index (χ3n) is 4.32. The van der Waals surface area contributed by atoms with Crippen LogP contribution >= 0.6 is 0 Å². The first-order valence-electron chi connectivity index (χ1n) is 9.43. The highest BCUT2D eigenvalue weighted by Gasteiger charge is 2.51. The second kappa shape index (κ2) is 11.4. The molecule has 0 amide bonds. The number of hydrogen-bond donors (Lipinski definition) is 0. The van der Waals surface area contributed by atoms with Crippen molar-refractivity contribution in [3.63, 3.8) is 0 Å². The molecule has 0 aliphatic rings. The Morgan fingerprint density at radius 3 is 2.10 bits per heavy atom. The number of carbonyl (C=O) groups excluding carboxylic acids is 1. The van der Waals surface area contributed by atoms with Crippen LogP contribution in [0, 0.1) is 5.92 Å². The van der Waals surface area contributed by atoms with E-state index < -0.39 is 23.9 Å². The molecule has 156 valence electrons. The first-order chi connectivity index (χ1) is 14.0. The summed E-state index contributed by atoms with van der Waals surface area (Å²) in [5.41, 5.74) is 1.73. The Morgan fingerprint density at radius 2 is 1.59 bits per heavy atom. The zero-order valence-corrected chi connectivity index (χ0v) is 16.4. The van der Waals surface area contributed by atoms with E-state index in [-0.39, 0.29) is 26.4 Å². The summed E-state index contributed by atoms with van der Waals surface area (Å²) in [4.78, 5) is 11.8. The third-order valence-corrected chi connectivity index (χ3v) is 4.32. The highest BCUT2D eigenvalue weighted by atomic mass is 19.3. The Bertz CT molecular complexity index is 750. The minimum absolute atomic E-state index is 0.101. The summed E-state index contributed by atoms with van der Waals surface area (Å²) in [6.45, 7) is 5.03. The van der Waals surface area contributed by atoms with E-state index in [9.17, 15) is 13.6 Å². The normalized spacial score (nSPS) is 13.5. The molecule has 0 N–H and O–H groups in total. The first-order valence-corrected chi connectivity index (χ1v) is 9.43. The van der Waals surface area contributed by atoms with Gasteiger partial charge in [-0.3, -0.25) is 0 Å². The van der Waals surface area contributed by atoms with E-state index in [1.165, 1.54) is 6.92 Å². The molecule has 29 heavy (non-hydrogen) atoms. The molecular formula is C23H26F2O4. The molecule has 0 fully saturated rings. The molecule has 0 aromatic heterocycles. The van der Waals surface area contributed by atoms with Gasteiger partial charge in [-0.05, 0) is 18.1 Å². The SMILES string of the molecule is C=C[C@@H]([C@@H](COCc1ccccc1)OCc1ccccc1)C(F)(F)C(=O)OCC. The predicted octanol–water partition coefficient (Wildman–Crippen LogP) is 4.79. The monoisotopic (exact) mass is 404 g/mol. The van der Waals surface area contributed by atoms with Crippen LogP contribution < -0.4 is 0 Å². The van der Waals surface area contributed by atoms with E-state index in [0.29, 0.717) is 0 Å². The van der Waals surface area contributed by atoms with E-state index in [4.69, 9.17) is 9.47 Å². The first kappa shape index (κ1) is 22.7. The van der Waals surface area contributed by atoms with E-state index >= 15 is 0 Å². The van der Waals surface area contributed by atoms with E-state index in [0.717, 1.165) is 17.2 Å². The lowest BCUT2D eigenvalue weighted by Crippen LogP contribution is -2.46. The van der Waals surface area contributed by atoms with Crippen molar-refractivity contribution in [2.75, 3.05) is 13.2 Å². The van der Waals surface area contributed by atoms with Gasteiger partial charge in [0.25, 0.3) is 0 Å². The molecule has 2 rings (SSSR count). The van der Waals surface area contributed by atoms with Gasteiger partial charge in [0.2, 0.25) is 0 Å². The fraction of sp³-hybridized carbons (Fsp3) is 0.348. The molecule has 0 bridgehead atoms. The van der Waals surface area contributed by atoms with Gasteiger partial charge in [-0.2, -0.15) is 8.78 Å². The Kier molecular flexibility index (Phi) is 8.96. The fourth-order valence-electron chi connectivity index (χ4n) is 2.80. The summed E-state index contributed by atoms with van der Waals surface area (Å²) >= 11 is 0. The van der Waals surface area contributed by atoms with Gasteiger partial charge in [0.1, 0.15) is 0 Å². The van der Waals surface area contributed by atoms with Crippen LogP contribution in [0.3, 0.4) is 0 Å². The Morgan fingerprint density at radius 1 is 1.03 bits per heavy atom. The molecule has 0 heterocycles. The molecule has 0 radical (unpaired) electrons. The van der Waals surface area contributed by atoms with E-state index in [2.05, 4.69) is 11.3 Å².